The lowest BCUT2D eigenvalue weighted by Crippen LogP contribution is -2.06. The van der Waals surface area contributed by atoms with Gasteiger partial charge in [0.05, 0.1) is 18.2 Å². The van der Waals surface area contributed by atoms with Crippen LogP contribution >= 0.6 is 0 Å². The number of carboxylic acid groups (broad SMARTS) is 1. The molecule has 3 rings (SSSR count). The number of carbonyl (C=O) groups is 1. The Hall–Kier alpha value is -2.17. The molecule has 0 spiro atoms. The maximum Gasteiger partial charge on any atom is 0.307 e. The molecule has 5 heteroatoms. The molecule has 1 aliphatic rings. The molecule has 0 aliphatic heterocycles. The van der Waals surface area contributed by atoms with Crippen molar-refractivity contribution in [1.29, 1.82) is 0 Å². The van der Waals surface area contributed by atoms with Crippen LogP contribution < -0.4 is 0 Å². The van der Waals surface area contributed by atoms with Gasteiger partial charge in [-0.25, -0.2) is 4.39 Å². The normalized spacial score (nSPS) is 15.5. The molecule has 0 atom stereocenters. The van der Waals surface area contributed by atoms with Crippen molar-refractivity contribution in [2.45, 2.75) is 38.1 Å². The number of halogens is 1. The zero-order valence-corrected chi connectivity index (χ0v) is 11.6. The molecule has 1 aromatic heterocycles. The van der Waals surface area contributed by atoms with Crippen LogP contribution in [0.25, 0.3) is 11.3 Å². The highest BCUT2D eigenvalue weighted by molar-refractivity contribution is 5.75. The highest BCUT2D eigenvalue weighted by Gasteiger charge is 2.19. The van der Waals surface area contributed by atoms with Crippen molar-refractivity contribution in [3.8, 4) is 11.3 Å². The van der Waals surface area contributed by atoms with Crippen LogP contribution in [0.2, 0.25) is 0 Å². The second-order valence-electron chi connectivity index (χ2n) is 5.49. The third-order valence-electron chi connectivity index (χ3n) is 3.99. The highest BCUT2D eigenvalue weighted by atomic mass is 19.1. The molecule has 0 bridgehead atoms. The standard InChI is InChI=1S/C16H17FN2O2/c17-12-5-6-14(11(9-12)10-16(20)21)15-7-8-19(18-15)13-3-1-2-4-13/h5-9,13H,1-4,10H2,(H,20,21). The average molecular weight is 288 g/mol. The van der Waals surface area contributed by atoms with E-state index >= 15 is 0 Å². The van der Waals surface area contributed by atoms with Gasteiger partial charge in [0.25, 0.3) is 0 Å². The first kappa shape index (κ1) is 13.8. The summed E-state index contributed by atoms with van der Waals surface area (Å²) < 4.78 is 15.3. The quantitative estimate of drug-likeness (QED) is 0.937. The zero-order valence-electron chi connectivity index (χ0n) is 11.6. The maximum absolute atomic E-state index is 13.3. The van der Waals surface area contributed by atoms with Crippen molar-refractivity contribution in [1.82, 2.24) is 9.78 Å². The summed E-state index contributed by atoms with van der Waals surface area (Å²) in [5.41, 5.74) is 1.85. The fourth-order valence-corrected chi connectivity index (χ4v) is 2.98. The highest BCUT2D eigenvalue weighted by Crippen LogP contribution is 2.30. The van der Waals surface area contributed by atoms with Gasteiger partial charge in [0.15, 0.2) is 0 Å². The minimum absolute atomic E-state index is 0.205. The van der Waals surface area contributed by atoms with Crippen molar-refractivity contribution in [3.05, 3.63) is 41.8 Å². The molecule has 21 heavy (non-hydrogen) atoms. The number of benzene rings is 1. The van der Waals surface area contributed by atoms with Crippen LogP contribution in [-0.4, -0.2) is 20.9 Å². The van der Waals surface area contributed by atoms with E-state index in [2.05, 4.69) is 5.10 Å². The molecule has 4 nitrogen and oxygen atoms in total. The number of rotatable bonds is 4. The topological polar surface area (TPSA) is 55.1 Å². The fourth-order valence-electron chi connectivity index (χ4n) is 2.98. The van der Waals surface area contributed by atoms with Gasteiger partial charge in [-0.3, -0.25) is 9.48 Å². The van der Waals surface area contributed by atoms with Crippen LogP contribution in [-0.2, 0) is 11.2 Å². The van der Waals surface area contributed by atoms with Gasteiger partial charge in [-0.1, -0.05) is 12.8 Å². The SMILES string of the molecule is O=C(O)Cc1cc(F)ccc1-c1ccn(C2CCCC2)n1. The second-order valence-corrected chi connectivity index (χ2v) is 5.49. The Labute approximate surface area is 122 Å². The van der Waals surface area contributed by atoms with Gasteiger partial charge in [-0.05, 0) is 42.7 Å². The lowest BCUT2D eigenvalue weighted by molar-refractivity contribution is -0.136. The van der Waals surface area contributed by atoms with Gasteiger partial charge in [0, 0.05) is 11.8 Å². The molecular weight excluding hydrogens is 271 g/mol. The molecule has 0 unspecified atom stereocenters. The zero-order chi connectivity index (χ0) is 14.8. The summed E-state index contributed by atoms with van der Waals surface area (Å²) >= 11 is 0. The molecular formula is C16H17FN2O2. The first-order chi connectivity index (χ1) is 10.1. The van der Waals surface area contributed by atoms with Crippen LogP contribution in [0, 0.1) is 5.82 Å². The third kappa shape index (κ3) is 2.96. The Morgan fingerprint density at radius 3 is 2.81 bits per heavy atom. The summed E-state index contributed by atoms with van der Waals surface area (Å²) in [6.07, 6.45) is 6.43. The lowest BCUT2D eigenvalue weighted by Gasteiger charge is -2.09. The van der Waals surface area contributed by atoms with Crippen molar-refractivity contribution in [2.75, 3.05) is 0 Å². The summed E-state index contributed by atoms with van der Waals surface area (Å²) in [4.78, 5) is 10.9. The van der Waals surface area contributed by atoms with E-state index in [1.54, 1.807) is 6.07 Å². The Morgan fingerprint density at radius 1 is 1.33 bits per heavy atom. The van der Waals surface area contributed by atoms with Crippen LogP contribution in [0.4, 0.5) is 4.39 Å². The Morgan fingerprint density at radius 2 is 2.10 bits per heavy atom. The van der Waals surface area contributed by atoms with E-state index in [-0.39, 0.29) is 6.42 Å². The van der Waals surface area contributed by atoms with E-state index in [0.29, 0.717) is 22.9 Å². The van der Waals surface area contributed by atoms with Crippen molar-refractivity contribution >= 4 is 5.97 Å². The van der Waals surface area contributed by atoms with E-state index in [1.807, 2.05) is 16.9 Å². The summed E-state index contributed by atoms with van der Waals surface area (Å²) in [7, 11) is 0. The fraction of sp³-hybridized carbons (Fsp3) is 0.375. The van der Waals surface area contributed by atoms with Gasteiger partial charge in [-0.15, -0.1) is 0 Å². The van der Waals surface area contributed by atoms with E-state index in [9.17, 15) is 9.18 Å². The molecule has 1 N–H and O–H groups in total. The second kappa shape index (κ2) is 5.68. The number of nitrogens with zero attached hydrogens (tertiary/aromatic N) is 2. The Kier molecular flexibility index (Phi) is 3.73. The monoisotopic (exact) mass is 288 g/mol. The maximum atomic E-state index is 13.3. The molecule has 2 aromatic rings. The van der Waals surface area contributed by atoms with Gasteiger partial charge in [0.1, 0.15) is 5.82 Å². The number of carboxylic acids is 1. The Bertz CT molecular complexity index is 660. The molecule has 0 saturated heterocycles. The first-order valence-electron chi connectivity index (χ1n) is 7.19. The molecule has 0 radical (unpaired) electrons. The van der Waals surface area contributed by atoms with Gasteiger partial charge in [-0.2, -0.15) is 5.10 Å². The third-order valence-corrected chi connectivity index (χ3v) is 3.99. The lowest BCUT2D eigenvalue weighted by atomic mass is 10.0. The molecule has 0 amide bonds. The molecule has 1 heterocycles. The van der Waals surface area contributed by atoms with E-state index < -0.39 is 11.8 Å². The van der Waals surface area contributed by atoms with Crippen LogP contribution in [0.5, 0.6) is 0 Å². The summed E-state index contributed by atoms with van der Waals surface area (Å²) in [6, 6.07) is 6.53. The minimum atomic E-state index is -0.975. The molecule has 1 aromatic carbocycles. The molecule has 110 valence electrons. The summed E-state index contributed by atoms with van der Waals surface area (Å²) in [5, 5.41) is 13.5. The van der Waals surface area contributed by atoms with Crippen LogP contribution in [0.1, 0.15) is 37.3 Å². The Balaban J connectivity index is 1.94. The van der Waals surface area contributed by atoms with Gasteiger partial charge in [0.2, 0.25) is 0 Å². The van der Waals surface area contributed by atoms with Crippen LogP contribution in [0.3, 0.4) is 0 Å². The predicted octanol–water partition coefficient (Wildman–Crippen LogP) is 3.43. The minimum Gasteiger partial charge on any atom is -0.481 e. The number of aromatic nitrogens is 2. The summed E-state index contributed by atoms with van der Waals surface area (Å²) in [6.45, 7) is 0. The molecule has 1 fully saturated rings. The predicted molar refractivity (Wildman–Crippen MR) is 76.5 cm³/mol. The largest absolute Gasteiger partial charge is 0.481 e. The number of aliphatic carboxylic acids is 1. The van der Waals surface area contributed by atoms with Crippen molar-refractivity contribution in [3.63, 3.8) is 0 Å². The first-order valence-corrected chi connectivity index (χ1v) is 7.19. The van der Waals surface area contributed by atoms with E-state index in [1.165, 1.54) is 25.0 Å². The van der Waals surface area contributed by atoms with E-state index in [4.69, 9.17) is 5.11 Å². The van der Waals surface area contributed by atoms with Crippen molar-refractivity contribution < 1.29 is 14.3 Å². The van der Waals surface area contributed by atoms with E-state index in [0.717, 1.165) is 12.8 Å². The average Bonchev–Trinajstić information content (AvgIpc) is 3.09. The van der Waals surface area contributed by atoms with Crippen molar-refractivity contribution in [2.24, 2.45) is 0 Å². The van der Waals surface area contributed by atoms with Gasteiger partial charge < -0.3 is 5.11 Å². The smallest absolute Gasteiger partial charge is 0.307 e. The molecule has 1 saturated carbocycles. The van der Waals surface area contributed by atoms with Gasteiger partial charge >= 0.3 is 5.97 Å². The van der Waals surface area contributed by atoms with Crippen LogP contribution in [0.15, 0.2) is 30.5 Å². The summed E-state index contributed by atoms with van der Waals surface area (Å²) in [5.74, 6) is -1.40. The number of hydrogen-bond donors (Lipinski definition) is 1. The number of hydrogen-bond acceptors (Lipinski definition) is 2. The molecule has 1 aliphatic carbocycles.